The predicted octanol–water partition coefficient (Wildman–Crippen LogP) is 2.34. The Balaban J connectivity index is 2.24. The molecular formula is C11H14N2O3S3. The number of hydrogen-bond donors (Lipinski definition) is 0. The van der Waals surface area contributed by atoms with Crippen molar-refractivity contribution in [3.8, 4) is 5.75 Å². The highest BCUT2D eigenvalue weighted by molar-refractivity contribution is 7.91. The summed E-state index contributed by atoms with van der Waals surface area (Å²) in [4.78, 5) is 5.04. The highest BCUT2D eigenvalue weighted by Gasteiger charge is 2.26. The van der Waals surface area contributed by atoms with Gasteiger partial charge >= 0.3 is 0 Å². The maximum Gasteiger partial charge on any atom is 0.256 e. The van der Waals surface area contributed by atoms with Gasteiger partial charge in [-0.25, -0.2) is 13.4 Å². The quantitative estimate of drug-likeness (QED) is 0.849. The van der Waals surface area contributed by atoms with Gasteiger partial charge in [0.25, 0.3) is 10.0 Å². The molecule has 0 aliphatic rings. The molecule has 0 amide bonds. The first-order chi connectivity index (χ1) is 8.95. The molecule has 0 bridgehead atoms. The van der Waals surface area contributed by atoms with Gasteiger partial charge in [-0.15, -0.1) is 22.7 Å². The first-order valence-corrected chi connectivity index (χ1v) is 8.58. The molecule has 0 saturated carbocycles. The van der Waals surface area contributed by atoms with Crippen LogP contribution in [-0.4, -0.2) is 31.9 Å². The van der Waals surface area contributed by atoms with E-state index < -0.39 is 10.0 Å². The summed E-state index contributed by atoms with van der Waals surface area (Å²) in [6.45, 7) is 2.21. The topological polar surface area (TPSA) is 59.5 Å². The lowest BCUT2D eigenvalue weighted by molar-refractivity contribution is 0.402. The maximum absolute atomic E-state index is 12.4. The highest BCUT2D eigenvalue weighted by atomic mass is 32.2. The Bertz CT molecular complexity index is 660. The van der Waals surface area contributed by atoms with Crippen molar-refractivity contribution in [1.82, 2.24) is 9.29 Å². The van der Waals surface area contributed by atoms with Crippen LogP contribution in [0.3, 0.4) is 0 Å². The van der Waals surface area contributed by atoms with Crippen LogP contribution in [0.5, 0.6) is 5.75 Å². The van der Waals surface area contributed by atoms with Gasteiger partial charge in [0.05, 0.1) is 12.1 Å². The van der Waals surface area contributed by atoms with Crippen molar-refractivity contribution < 1.29 is 13.2 Å². The van der Waals surface area contributed by atoms with Crippen LogP contribution in [0.2, 0.25) is 0 Å². The molecule has 2 rings (SSSR count). The van der Waals surface area contributed by atoms with Crippen LogP contribution >= 0.6 is 22.7 Å². The van der Waals surface area contributed by atoms with E-state index in [4.69, 9.17) is 4.74 Å². The van der Waals surface area contributed by atoms with E-state index in [2.05, 4.69) is 4.98 Å². The standard InChI is InChI=1S/C11H14N2O3S3/c1-8-12-6-9(18-8)7-13(2)19(14,15)11-10(16-3)4-5-17-11/h4-6H,7H2,1-3H3. The Labute approximate surface area is 120 Å². The Kier molecular flexibility index (Phi) is 4.24. The fourth-order valence-electron chi connectivity index (χ4n) is 1.55. The molecule has 0 aliphatic heterocycles. The largest absolute Gasteiger partial charge is 0.494 e. The van der Waals surface area contributed by atoms with E-state index in [1.807, 2.05) is 6.92 Å². The van der Waals surface area contributed by atoms with Gasteiger partial charge in [-0.05, 0) is 18.4 Å². The Morgan fingerprint density at radius 1 is 1.47 bits per heavy atom. The number of ether oxygens (including phenoxy) is 1. The second kappa shape index (κ2) is 5.58. The number of thiazole rings is 1. The fourth-order valence-corrected chi connectivity index (χ4v) is 5.09. The van der Waals surface area contributed by atoms with E-state index in [1.54, 1.807) is 24.7 Å². The number of rotatable bonds is 5. The maximum atomic E-state index is 12.4. The van der Waals surface area contributed by atoms with Crippen molar-refractivity contribution in [1.29, 1.82) is 0 Å². The van der Waals surface area contributed by atoms with Crippen molar-refractivity contribution >= 4 is 32.7 Å². The lowest BCUT2D eigenvalue weighted by atomic mass is 10.5. The van der Waals surface area contributed by atoms with Gasteiger partial charge in [-0.1, -0.05) is 0 Å². The van der Waals surface area contributed by atoms with E-state index in [9.17, 15) is 8.42 Å². The van der Waals surface area contributed by atoms with E-state index in [1.165, 1.54) is 22.8 Å². The zero-order valence-electron chi connectivity index (χ0n) is 10.8. The van der Waals surface area contributed by atoms with E-state index in [-0.39, 0.29) is 4.21 Å². The third kappa shape index (κ3) is 2.97. The Morgan fingerprint density at radius 3 is 2.79 bits per heavy atom. The third-order valence-electron chi connectivity index (χ3n) is 2.51. The summed E-state index contributed by atoms with van der Waals surface area (Å²) in [7, 11) is -0.497. The predicted molar refractivity (Wildman–Crippen MR) is 76.4 cm³/mol. The lowest BCUT2D eigenvalue weighted by Crippen LogP contribution is -2.25. The molecule has 0 aliphatic carbocycles. The van der Waals surface area contributed by atoms with Gasteiger partial charge in [0.15, 0.2) is 4.21 Å². The van der Waals surface area contributed by atoms with Crippen LogP contribution < -0.4 is 4.74 Å². The van der Waals surface area contributed by atoms with Crippen LogP contribution in [0.25, 0.3) is 0 Å². The number of sulfonamides is 1. The smallest absolute Gasteiger partial charge is 0.256 e. The molecule has 0 atom stereocenters. The number of hydrogen-bond acceptors (Lipinski definition) is 6. The summed E-state index contributed by atoms with van der Waals surface area (Å²) >= 11 is 2.65. The van der Waals surface area contributed by atoms with Crippen LogP contribution in [0.1, 0.15) is 9.88 Å². The van der Waals surface area contributed by atoms with Crippen LogP contribution in [0.15, 0.2) is 21.9 Å². The van der Waals surface area contributed by atoms with Crippen LogP contribution in [0.4, 0.5) is 0 Å². The molecule has 0 fully saturated rings. The minimum atomic E-state index is -3.52. The highest BCUT2D eigenvalue weighted by Crippen LogP contribution is 2.32. The first kappa shape index (κ1) is 14.4. The first-order valence-electron chi connectivity index (χ1n) is 5.44. The molecule has 0 saturated heterocycles. The molecule has 19 heavy (non-hydrogen) atoms. The van der Waals surface area contributed by atoms with Crippen molar-refractivity contribution in [2.45, 2.75) is 17.7 Å². The lowest BCUT2D eigenvalue weighted by Gasteiger charge is -2.15. The minimum Gasteiger partial charge on any atom is -0.494 e. The average molecular weight is 318 g/mol. The number of methoxy groups -OCH3 is 1. The number of aryl methyl sites for hydroxylation is 1. The van der Waals surface area contributed by atoms with E-state index in [0.29, 0.717) is 12.3 Å². The second-order valence-electron chi connectivity index (χ2n) is 3.88. The average Bonchev–Trinajstić information content (AvgIpc) is 2.97. The van der Waals surface area contributed by atoms with Crippen LogP contribution in [0, 0.1) is 6.92 Å². The van der Waals surface area contributed by atoms with Crippen LogP contribution in [-0.2, 0) is 16.6 Å². The van der Waals surface area contributed by atoms with E-state index >= 15 is 0 Å². The summed E-state index contributed by atoms with van der Waals surface area (Å²) in [5.41, 5.74) is 0. The molecule has 2 aromatic rings. The summed E-state index contributed by atoms with van der Waals surface area (Å²) in [5, 5.41) is 2.63. The van der Waals surface area contributed by atoms with Crippen molar-refractivity contribution in [3.05, 3.63) is 27.5 Å². The SMILES string of the molecule is COc1ccsc1S(=O)(=O)N(C)Cc1cnc(C)s1. The summed E-state index contributed by atoms with van der Waals surface area (Å²) in [6.07, 6.45) is 1.71. The van der Waals surface area contributed by atoms with Crippen molar-refractivity contribution in [3.63, 3.8) is 0 Å². The normalized spacial score (nSPS) is 12.0. The minimum absolute atomic E-state index is 0.235. The fraction of sp³-hybridized carbons (Fsp3) is 0.364. The molecular weight excluding hydrogens is 304 g/mol. The van der Waals surface area contributed by atoms with Gasteiger partial charge in [-0.2, -0.15) is 4.31 Å². The molecule has 0 unspecified atom stereocenters. The van der Waals surface area contributed by atoms with Gasteiger partial charge in [0, 0.05) is 24.7 Å². The van der Waals surface area contributed by atoms with Crippen molar-refractivity contribution in [2.75, 3.05) is 14.2 Å². The zero-order valence-corrected chi connectivity index (χ0v) is 13.2. The zero-order chi connectivity index (χ0) is 14.0. The molecule has 0 spiro atoms. The summed E-state index contributed by atoms with van der Waals surface area (Å²) in [6, 6.07) is 1.65. The molecule has 0 aromatic carbocycles. The second-order valence-corrected chi connectivity index (χ2v) is 8.36. The van der Waals surface area contributed by atoms with Gasteiger partial charge < -0.3 is 4.74 Å². The molecule has 2 heterocycles. The van der Waals surface area contributed by atoms with Gasteiger partial charge in [0.2, 0.25) is 0 Å². The molecule has 2 aromatic heterocycles. The summed E-state index contributed by atoms with van der Waals surface area (Å²) < 4.78 is 31.5. The Hall–Kier alpha value is -0.960. The van der Waals surface area contributed by atoms with Gasteiger partial charge in [-0.3, -0.25) is 0 Å². The monoisotopic (exact) mass is 318 g/mol. The Morgan fingerprint density at radius 2 is 2.21 bits per heavy atom. The number of aromatic nitrogens is 1. The number of nitrogens with zero attached hydrogens (tertiary/aromatic N) is 2. The van der Waals surface area contributed by atoms with E-state index in [0.717, 1.165) is 21.2 Å². The number of thiophene rings is 1. The van der Waals surface area contributed by atoms with Gasteiger partial charge in [0.1, 0.15) is 5.75 Å². The molecule has 0 radical (unpaired) electrons. The third-order valence-corrected chi connectivity index (χ3v) is 6.63. The summed E-state index contributed by atoms with van der Waals surface area (Å²) in [5.74, 6) is 0.386. The van der Waals surface area contributed by atoms with Crippen molar-refractivity contribution in [2.24, 2.45) is 0 Å². The molecule has 8 heteroatoms. The molecule has 0 N–H and O–H groups in total. The molecule has 104 valence electrons. The molecule has 5 nitrogen and oxygen atoms in total.